The molecule has 0 spiro atoms. The highest BCUT2D eigenvalue weighted by Crippen LogP contribution is 2.53. The fourth-order valence-corrected chi connectivity index (χ4v) is 5.63. The van der Waals surface area contributed by atoms with Crippen LogP contribution in [0.1, 0.15) is 108 Å². The number of hydrogen-bond donors (Lipinski definition) is 0. The van der Waals surface area contributed by atoms with E-state index in [-0.39, 0.29) is 11.1 Å². The van der Waals surface area contributed by atoms with E-state index in [9.17, 15) is 0 Å². The average molecular weight is 310 g/mol. The van der Waals surface area contributed by atoms with Gasteiger partial charge in [0.15, 0.2) is 0 Å². The van der Waals surface area contributed by atoms with Crippen molar-refractivity contribution in [1.82, 2.24) is 4.90 Å². The Labute approximate surface area is 141 Å². The van der Waals surface area contributed by atoms with Crippen LogP contribution in [-0.2, 0) is 0 Å². The van der Waals surface area contributed by atoms with Gasteiger partial charge in [0, 0.05) is 16.6 Å². The molecule has 1 saturated heterocycles. The third-order valence-electron chi connectivity index (χ3n) is 7.37. The second-order valence-corrected chi connectivity index (χ2v) is 9.63. The molecule has 1 aliphatic heterocycles. The molecule has 1 fully saturated rings. The van der Waals surface area contributed by atoms with Crippen molar-refractivity contribution < 1.29 is 0 Å². The van der Waals surface area contributed by atoms with E-state index in [1.807, 2.05) is 0 Å². The van der Waals surface area contributed by atoms with Gasteiger partial charge in [0.2, 0.25) is 0 Å². The first kappa shape index (κ1) is 20.0. The van der Waals surface area contributed by atoms with E-state index in [0.29, 0.717) is 11.0 Å². The predicted molar refractivity (Wildman–Crippen MR) is 100 cm³/mol. The summed E-state index contributed by atoms with van der Waals surface area (Å²) in [5.74, 6) is 0.835. The Balaban J connectivity index is 3.24. The third kappa shape index (κ3) is 3.40. The first-order valence-corrected chi connectivity index (χ1v) is 9.73. The van der Waals surface area contributed by atoms with Gasteiger partial charge in [-0.2, -0.15) is 0 Å². The van der Waals surface area contributed by atoms with Gasteiger partial charge in [-0.25, -0.2) is 0 Å². The summed E-state index contributed by atoms with van der Waals surface area (Å²) in [6, 6.07) is 0. The fourth-order valence-electron chi connectivity index (χ4n) is 5.63. The van der Waals surface area contributed by atoms with Crippen molar-refractivity contribution in [2.75, 3.05) is 0 Å². The Morgan fingerprint density at radius 1 is 0.773 bits per heavy atom. The van der Waals surface area contributed by atoms with Crippen LogP contribution in [-0.4, -0.2) is 21.5 Å². The van der Waals surface area contributed by atoms with E-state index in [0.717, 1.165) is 5.92 Å². The zero-order valence-corrected chi connectivity index (χ0v) is 17.3. The molecule has 0 aromatic heterocycles. The van der Waals surface area contributed by atoms with Crippen molar-refractivity contribution in [3.8, 4) is 0 Å². The molecule has 0 atom stereocenters. The molecule has 1 rings (SSSR count). The first-order chi connectivity index (χ1) is 9.92. The lowest BCUT2D eigenvalue weighted by Crippen LogP contribution is -2.69. The molecule has 0 bridgehead atoms. The highest BCUT2D eigenvalue weighted by Gasteiger charge is 2.53. The van der Waals surface area contributed by atoms with Crippen molar-refractivity contribution in [3.63, 3.8) is 0 Å². The van der Waals surface area contributed by atoms with Gasteiger partial charge in [-0.05, 0) is 71.6 Å². The van der Waals surface area contributed by atoms with Gasteiger partial charge in [-0.1, -0.05) is 47.5 Å². The Morgan fingerprint density at radius 3 is 1.41 bits per heavy atom. The lowest BCUT2D eigenvalue weighted by atomic mass is 9.60. The Morgan fingerprint density at radius 2 is 1.14 bits per heavy atom. The molecular weight excluding hydrogens is 266 g/mol. The van der Waals surface area contributed by atoms with Crippen molar-refractivity contribution in [3.05, 3.63) is 0 Å². The summed E-state index contributed by atoms with van der Waals surface area (Å²) >= 11 is 0. The van der Waals surface area contributed by atoms with Crippen molar-refractivity contribution in [2.45, 2.75) is 124 Å². The topological polar surface area (TPSA) is 3.24 Å². The zero-order chi connectivity index (χ0) is 17.4. The molecule has 0 aromatic carbocycles. The van der Waals surface area contributed by atoms with Crippen LogP contribution >= 0.6 is 0 Å². The number of rotatable bonds is 6. The van der Waals surface area contributed by atoms with Crippen LogP contribution in [0.25, 0.3) is 0 Å². The van der Waals surface area contributed by atoms with Crippen molar-refractivity contribution in [1.29, 1.82) is 0 Å². The van der Waals surface area contributed by atoms with Gasteiger partial charge in [0.25, 0.3) is 0 Å². The maximum atomic E-state index is 2.88. The van der Waals surface area contributed by atoms with Crippen LogP contribution in [0.2, 0.25) is 0 Å². The maximum absolute atomic E-state index is 2.88. The highest BCUT2D eigenvalue weighted by molar-refractivity contribution is 5.08. The summed E-state index contributed by atoms with van der Waals surface area (Å²) in [7, 11) is 0. The maximum Gasteiger partial charge on any atom is 0.0186 e. The van der Waals surface area contributed by atoms with Crippen molar-refractivity contribution in [2.24, 2.45) is 11.3 Å². The lowest BCUT2D eigenvalue weighted by molar-refractivity contribution is -0.140. The second-order valence-electron chi connectivity index (χ2n) is 9.63. The van der Waals surface area contributed by atoms with Crippen LogP contribution in [0.3, 0.4) is 0 Å². The molecule has 0 N–H and O–H groups in total. The SMILES string of the molecule is CCC(C)(CC)C1CC(C)(C)N(C(C)(CC)CC)C(C)(C)C1. The molecule has 1 heterocycles. The van der Waals surface area contributed by atoms with Crippen LogP contribution in [0, 0.1) is 11.3 Å². The Kier molecular flexibility index (Phi) is 5.87. The molecule has 0 saturated carbocycles. The van der Waals surface area contributed by atoms with Gasteiger partial charge in [0.1, 0.15) is 0 Å². The van der Waals surface area contributed by atoms with Crippen LogP contribution < -0.4 is 0 Å². The van der Waals surface area contributed by atoms with E-state index in [1.54, 1.807) is 0 Å². The van der Waals surface area contributed by atoms with Gasteiger partial charge >= 0.3 is 0 Å². The number of likely N-dealkylation sites (tertiary alicyclic amines) is 1. The molecule has 0 aromatic rings. The van der Waals surface area contributed by atoms with E-state index in [4.69, 9.17) is 0 Å². The first-order valence-electron chi connectivity index (χ1n) is 9.73. The molecule has 22 heavy (non-hydrogen) atoms. The molecule has 0 aliphatic carbocycles. The molecule has 1 nitrogen and oxygen atoms in total. The molecule has 0 amide bonds. The third-order valence-corrected chi connectivity index (χ3v) is 7.37. The molecule has 1 aliphatic rings. The summed E-state index contributed by atoms with van der Waals surface area (Å²) in [6.07, 6.45) is 7.76. The summed E-state index contributed by atoms with van der Waals surface area (Å²) in [5, 5.41) is 0. The number of hydrogen-bond acceptors (Lipinski definition) is 1. The minimum absolute atomic E-state index is 0.277. The summed E-state index contributed by atoms with van der Waals surface area (Å²) in [5.41, 5.74) is 1.36. The average Bonchev–Trinajstić information content (AvgIpc) is 2.43. The quantitative estimate of drug-likeness (QED) is 0.530. The normalized spacial score (nSPS) is 23.7. The van der Waals surface area contributed by atoms with Crippen LogP contribution in [0.4, 0.5) is 0 Å². The number of piperidine rings is 1. The second kappa shape index (κ2) is 6.46. The van der Waals surface area contributed by atoms with Gasteiger partial charge in [0.05, 0.1) is 0 Å². The standard InChI is InChI=1S/C21H43N/c1-11-20(9,12-2)17-15-18(5,6)22(19(7,8)16-17)21(10,13-3)14-4/h17H,11-16H2,1-10H3. The van der Waals surface area contributed by atoms with Gasteiger partial charge in [-0.15, -0.1) is 0 Å². The largest absolute Gasteiger partial charge is 0.288 e. The summed E-state index contributed by atoms with van der Waals surface area (Å²) in [4.78, 5) is 2.88. The molecule has 0 radical (unpaired) electrons. The van der Waals surface area contributed by atoms with E-state index in [1.165, 1.54) is 38.5 Å². The smallest absolute Gasteiger partial charge is 0.0186 e. The molecule has 0 unspecified atom stereocenters. The summed E-state index contributed by atoms with van der Waals surface area (Å²) in [6.45, 7) is 24.5. The molecule has 1 heteroatoms. The van der Waals surface area contributed by atoms with E-state index >= 15 is 0 Å². The van der Waals surface area contributed by atoms with E-state index < -0.39 is 0 Å². The summed E-state index contributed by atoms with van der Waals surface area (Å²) < 4.78 is 0. The lowest BCUT2D eigenvalue weighted by Gasteiger charge is -2.64. The monoisotopic (exact) mass is 309 g/mol. The van der Waals surface area contributed by atoms with Gasteiger partial charge in [-0.3, -0.25) is 4.90 Å². The van der Waals surface area contributed by atoms with Crippen LogP contribution in [0.5, 0.6) is 0 Å². The van der Waals surface area contributed by atoms with Gasteiger partial charge < -0.3 is 0 Å². The zero-order valence-electron chi connectivity index (χ0n) is 17.3. The van der Waals surface area contributed by atoms with E-state index in [2.05, 4.69) is 74.1 Å². The minimum Gasteiger partial charge on any atom is -0.288 e. The number of nitrogens with zero attached hydrogens (tertiary/aromatic N) is 1. The Hall–Kier alpha value is -0.0400. The highest BCUT2D eigenvalue weighted by atomic mass is 15.3. The minimum atomic E-state index is 0.277. The fraction of sp³-hybridized carbons (Fsp3) is 1.00. The Bertz CT molecular complexity index is 340. The predicted octanol–water partition coefficient (Wildman–Crippen LogP) is 6.66. The molecular formula is C21H43N. The molecule has 132 valence electrons. The van der Waals surface area contributed by atoms with Crippen molar-refractivity contribution >= 4 is 0 Å². The van der Waals surface area contributed by atoms with Crippen LogP contribution in [0.15, 0.2) is 0 Å².